The Labute approximate surface area is 99.5 Å². The first kappa shape index (κ1) is 11.4. The van der Waals surface area contributed by atoms with Gasteiger partial charge >= 0.3 is 5.97 Å². The highest BCUT2D eigenvalue weighted by Crippen LogP contribution is 2.31. The van der Waals surface area contributed by atoms with Gasteiger partial charge in [-0.1, -0.05) is 17.7 Å². The molecule has 0 aromatic heterocycles. The first-order valence-electron chi connectivity index (χ1n) is 5.28. The molecule has 16 heavy (non-hydrogen) atoms. The minimum absolute atomic E-state index is 0.331. The van der Waals surface area contributed by atoms with Crippen molar-refractivity contribution in [2.75, 3.05) is 6.61 Å². The second-order valence-corrected chi connectivity index (χ2v) is 4.58. The number of carbonyl (C=O) groups is 1. The highest BCUT2D eigenvalue weighted by molar-refractivity contribution is 6.30. The normalized spacial score (nSPS) is 22.9. The summed E-state index contributed by atoms with van der Waals surface area (Å²) in [5.41, 5.74) is 7.29. The summed E-state index contributed by atoms with van der Waals surface area (Å²) < 4.78 is 4.99. The lowest BCUT2D eigenvalue weighted by atomic mass is 9.98. The van der Waals surface area contributed by atoms with Gasteiger partial charge in [-0.2, -0.15) is 0 Å². The lowest BCUT2D eigenvalue weighted by Crippen LogP contribution is -2.50. The van der Waals surface area contributed by atoms with Gasteiger partial charge in [0.05, 0.1) is 6.61 Å². The lowest BCUT2D eigenvalue weighted by molar-refractivity contribution is -0.149. The SMILES string of the molecule is CCOC(=O)[C@@]1(N)Cc2ccc(Cl)cc2C1. The number of carbonyl (C=O) groups excluding carboxylic acids is 1. The van der Waals surface area contributed by atoms with Crippen LogP contribution in [0.25, 0.3) is 0 Å². The van der Waals surface area contributed by atoms with Crippen molar-refractivity contribution in [2.45, 2.75) is 25.3 Å². The average Bonchev–Trinajstić information content (AvgIpc) is 2.55. The van der Waals surface area contributed by atoms with Crippen LogP contribution in [-0.2, 0) is 22.4 Å². The van der Waals surface area contributed by atoms with Crippen LogP contribution in [0.2, 0.25) is 5.02 Å². The second-order valence-electron chi connectivity index (χ2n) is 4.14. The molecule has 0 fully saturated rings. The van der Waals surface area contributed by atoms with Crippen LogP contribution < -0.4 is 5.73 Å². The van der Waals surface area contributed by atoms with E-state index in [0.717, 1.165) is 11.1 Å². The third kappa shape index (κ3) is 1.93. The van der Waals surface area contributed by atoms with Crippen LogP contribution in [0.5, 0.6) is 0 Å². The molecule has 1 aromatic rings. The Hall–Kier alpha value is -1.06. The number of rotatable bonds is 2. The predicted octanol–water partition coefficient (Wildman–Crippen LogP) is 1.70. The van der Waals surface area contributed by atoms with E-state index in [2.05, 4.69) is 0 Å². The molecule has 1 aromatic carbocycles. The van der Waals surface area contributed by atoms with Crippen molar-refractivity contribution in [3.63, 3.8) is 0 Å². The van der Waals surface area contributed by atoms with Gasteiger partial charge in [0.1, 0.15) is 5.54 Å². The van der Waals surface area contributed by atoms with Crippen molar-refractivity contribution in [2.24, 2.45) is 5.73 Å². The standard InChI is InChI=1S/C12H14ClNO2/c1-2-16-11(15)12(14)6-8-3-4-10(13)5-9(8)7-12/h3-5H,2,6-7,14H2,1H3/t12-/m1/s1. The smallest absolute Gasteiger partial charge is 0.326 e. The highest BCUT2D eigenvalue weighted by Gasteiger charge is 2.41. The maximum Gasteiger partial charge on any atom is 0.326 e. The van der Waals surface area contributed by atoms with Gasteiger partial charge in [0.15, 0.2) is 0 Å². The van der Waals surface area contributed by atoms with Crippen molar-refractivity contribution in [1.82, 2.24) is 0 Å². The van der Waals surface area contributed by atoms with Crippen LogP contribution >= 0.6 is 11.6 Å². The molecule has 0 radical (unpaired) electrons. The van der Waals surface area contributed by atoms with E-state index in [1.807, 2.05) is 18.2 Å². The number of halogens is 1. The van der Waals surface area contributed by atoms with Gasteiger partial charge in [-0.15, -0.1) is 0 Å². The molecule has 2 N–H and O–H groups in total. The van der Waals surface area contributed by atoms with E-state index in [1.165, 1.54) is 0 Å². The molecule has 0 aliphatic heterocycles. The van der Waals surface area contributed by atoms with Crippen LogP contribution in [-0.4, -0.2) is 18.1 Å². The molecule has 1 aliphatic rings. The zero-order valence-corrected chi connectivity index (χ0v) is 9.88. The van der Waals surface area contributed by atoms with Gasteiger partial charge in [0, 0.05) is 17.9 Å². The largest absolute Gasteiger partial charge is 0.465 e. The van der Waals surface area contributed by atoms with Gasteiger partial charge < -0.3 is 10.5 Å². The Bertz CT molecular complexity index is 433. The van der Waals surface area contributed by atoms with Gasteiger partial charge in [-0.3, -0.25) is 4.79 Å². The third-order valence-corrected chi connectivity index (χ3v) is 3.10. The number of hydrogen-bond donors (Lipinski definition) is 1. The maximum absolute atomic E-state index is 11.7. The van der Waals surface area contributed by atoms with Gasteiger partial charge in [0.25, 0.3) is 0 Å². The zero-order valence-electron chi connectivity index (χ0n) is 9.13. The van der Waals surface area contributed by atoms with Crippen molar-refractivity contribution < 1.29 is 9.53 Å². The van der Waals surface area contributed by atoms with Crippen LogP contribution in [0, 0.1) is 0 Å². The van der Waals surface area contributed by atoms with Gasteiger partial charge in [-0.05, 0) is 30.2 Å². The monoisotopic (exact) mass is 239 g/mol. The summed E-state index contributed by atoms with van der Waals surface area (Å²) >= 11 is 5.90. The number of esters is 1. The Morgan fingerprint density at radius 2 is 2.19 bits per heavy atom. The fourth-order valence-corrected chi connectivity index (χ4v) is 2.29. The molecule has 0 amide bonds. The Morgan fingerprint density at radius 3 is 2.88 bits per heavy atom. The number of fused-ring (bicyclic) bond motifs is 1. The molecule has 0 spiro atoms. The summed E-state index contributed by atoms with van der Waals surface area (Å²) in [7, 11) is 0. The average molecular weight is 240 g/mol. The second kappa shape index (κ2) is 4.07. The van der Waals surface area contributed by atoms with E-state index in [0.29, 0.717) is 24.5 Å². The summed E-state index contributed by atoms with van der Waals surface area (Å²) in [6, 6.07) is 5.60. The van der Waals surface area contributed by atoms with Crippen LogP contribution in [0.4, 0.5) is 0 Å². The molecule has 1 atom stereocenters. The van der Waals surface area contributed by atoms with Crippen molar-refractivity contribution in [3.8, 4) is 0 Å². The summed E-state index contributed by atoms with van der Waals surface area (Å²) in [6.45, 7) is 2.13. The molecule has 0 saturated carbocycles. The molecular formula is C12H14ClNO2. The molecule has 0 saturated heterocycles. The van der Waals surface area contributed by atoms with Crippen LogP contribution in [0.3, 0.4) is 0 Å². The van der Waals surface area contributed by atoms with Crippen molar-refractivity contribution in [1.29, 1.82) is 0 Å². The molecule has 0 heterocycles. The minimum atomic E-state index is -0.914. The molecule has 2 rings (SSSR count). The highest BCUT2D eigenvalue weighted by atomic mass is 35.5. The van der Waals surface area contributed by atoms with Crippen molar-refractivity contribution in [3.05, 3.63) is 34.3 Å². The summed E-state index contributed by atoms with van der Waals surface area (Å²) in [5, 5.41) is 0.673. The van der Waals surface area contributed by atoms with Gasteiger partial charge in [0.2, 0.25) is 0 Å². The Balaban J connectivity index is 2.24. The quantitative estimate of drug-likeness (QED) is 0.800. The fraction of sp³-hybridized carbons (Fsp3) is 0.417. The van der Waals surface area contributed by atoms with Gasteiger partial charge in [-0.25, -0.2) is 0 Å². The minimum Gasteiger partial charge on any atom is -0.465 e. The maximum atomic E-state index is 11.7. The Kier molecular flexibility index (Phi) is 2.91. The van der Waals surface area contributed by atoms with E-state index in [4.69, 9.17) is 22.1 Å². The van der Waals surface area contributed by atoms with E-state index in [-0.39, 0.29) is 5.97 Å². The first-order valence-corrected chi connectivity index (χ1v) is 5.66. The molecule has 0 unspecified atom stereocenters. The van der Waals surface area contributed by atoms with E-state index in [1.54, 1.807) is 6.92 Å². The predicted molar refractivity (Wildman–Crippen MR) is 62.4 cm³/mol. The molecule has 86 valence electrons. The van der Waals surface area contributed by atoms with Crippen LogP contribution in [0.1, 0.15) is 18.1 Å². The van der Waals surface area contributed by atoms with E-state index >= 15 is 0 Å². The number of hydrogen-bond acceptors (Lipinski definition) is 3. The number of nitrogens with two attached hydrogens (primary N) is 1. The molecule has 3 nitrogen and oxygen atoms in total. The molecule has 0 bridgehead atoms. The topological polar surface area (TPSA) is 52.3 Å². The third-order valence-electron chi connectivity index (χ3n) is 2.86. The molecule has 4 heteroatoms. The summed E-state index contributed by atoms with van der Waals surface area (Å²) in [4.78, 5) is 11.7. The lowest BCUT2D eigenvalue weighted by Gasteiger charge is -2.20. The Morgan fingerprint density at radius 1 is 1.50 bits per heavy atom. The zero-order chi connectivity index (χ0) is 11.8. The number of benzene rings is 1. The van der Waals surface area contributed by atoms with Crippen LogP contribution in [0.15, 0.2) is 18.2 Å². The first-order chi connectivity index (χ1) is 7.55. The molecular weight excluding hydrogens is 226 g/mol. The fourth-order valence-electron chi connectivity index (χ4n) is 2.09. The summed E-state index contributed by atoms with van der Waals surface area (Å²) in [6.07, 6.45) is 1.03. The number of ether oxygens (including phenoxy) is 1. The van der Waals surface area contributed by atoms with Crippen molar-refractivity contribution >= 4 is 17.6 Å². The summed E-state index contributed by atoms with van der Waals surface area (Å²) in [5.74, 6) is -0.331. The van der Waals surface area contributed by atoms with E-state index < -0.39 is 5.54 Å². The van der Waals surface area contributed by atoms with E-state index in [9.17, 15) is 4.79 Å². The molecule has 1 aliphatic carbocycles.